The molecule has 4 heteroatoms. The predicted molar refractivity (Wildman–Crippen MR) is 54.2 cm³/mol. The number of methoxy groups -OCH3 is 1. The highest BCUT2D eigenvalue weighted by atomic mass is 16.6. The van der Waals surface area contributed by atoms with Gasteiger partial charge in [0.1, 0.15) is 5.60 Å². The van der Waals surface area contributed by atoms with Crippen LogP contribution in [0.25, 0.3) is 0 Å². The molecule has 4 nitrogen and oxygen atoms in total. The minimum absolute atomic E-state index is 0.184. The number of hydrogen-bond acceptors (Lipinski definition) is 4. The summed E-state index contributed by atoms with van der Waals surface area (Å²) in [5.41, 5.74) is -0.600. The summed E-state index contributed by atoms with van der Waals surface area (Å²) in [7, 11) is 1.35. The molecule has 15 heavy (non-hydrogen) atoms. The normalized spacial score (nSPS) is 19.3. The maximum absolute atomic E-state index is 11.3. The van der Waals surface area contributed by atoms with Gasteiger partial charge in [0.25, 0.3) is 0 Å². The Labute approximate surface area is 89.9 Å². The van der Waals surface area contributed by atoms with Gasteiger partial charge < -0.3 is 9.47 Å². The average Bonchev–Trinajstić information content (AvgIpc) is 2.17. The van der Waals surface area contributed by atoms with Gasteiger partial charge >= 0.3 is 11.9 Å². The lowest BCUT2D eigenvalue weighted by molar-refractivity contribution is -0.167. The van der Waals surface area contributed by atoms with E-state index in [0.29, 0.717) is 0 Å². The van der Waals surface area contributed by atoms with Crippen LogP contribution in [0, 0.1) is 0 Å². The third-order valence-corrected chi connectivity index (χ3v) is 2.82. The van der Waals surface area contributed by atoms with Crippen molar-refractivity contribution in [2.24, 2.45) is 0 Å². The quantitative estimate of drug-likeness (QED) is 0.672. The molecule has 1 saturated carbocycles. The number of carbonyl (C=O) groups is 2. The Morgan fingerprint density at radius 1 is 1.20 bits per heavy atom. The molecule has 1 aliphatic rings. The Hall–Kier alpha value is -1.06. The highest BCUT2D eigenvalue weighted by molar-refractivity contribution is 5.72. The molecule has 1 fully saturated rings. The van der Waals surface area contributed by atoms with Gasteiger partial charge in [0.15, 0.2) is 0 Å². The van der Waals surface area contributed by atoms with Crippen LogP contribution in [-0.4, -0.2) is 24.6 Å². The zero-order valence-corrected chi connectivity index (χ0v) is 9.38. The van der Waals surface area contributed by atoms with Crippen LogP contribution in [0.5, 0.6) is 0 Å². The summed E-state index contributed by atoms with van der Waals surface area (Å²) in [4.78, 5) is 22.3. The van der Waals surface area contributed by atoms with Crippen molar-refractivity contribution >= 4 is 11.9 Å². The Morgan fingerprint density at radius 2 is 1.80 bits per heavy atom. The molecule has 0 heterocycles. The Kier molecular flexibility index (Phi) is 4.12. The molecule has 0 aromatic heterocycles. The van der Waals surface area contributed by atoms with Crippen molar-refractivity contribution < 1.29 is 19.1 Å². The molecule has 0 atom stereocenters. The highest BCUT2D eigenvalue weighted by Crippen LogP contribution is 2.34. The second-order valence-electron chi connectivity index (χ2n) is 4.09. The largest absolute Gasteiger partial charge is 0.469 e. The predicted octanol–water partition coefficient (Wildman–Crippen LogP) is 1.82. The topological polar surface area (TPSA) is 52.6 Å². The van der Waals surface area contributed by atoms with Crippen LogP contribution in [0.1, 0.15) is 45.4 Å². The zero-order valence-electron chi connectivity index (χ0n) is 9.38. The lowest BCUT2D eigenvalue weighted by Gasteiger charge is -2.35. The third kappa shape index (κ3) is 3.53. The fraction of sp³-hybridized carbons (Fsp3) is 0.818. The molecule has 1 aliphatic carbocycles. The molecule has 86 valence electrons. The van der Waals surface area contributed by atoms with Crippen molar-refractivity contribution in [3.05, 3.63) is 0 Å². The summed E-state index contributed by atoms with van der Waals surface area (Å²) < 4.78 is 9.94. The van der Waals surface area contributed by atoms with E-state index in [1.165, 1.54) is 14.0 Å². The van der Waals surface area contributed by atoms with Crippen LogP contribution >= 0.6 is 0 Å². The lowest BCUT2D eigenvalue weighted by Crippen LogP contribution is -2.39. The number of carbonyl (C=O) groups excluding carboxylic acids is 2. The van der Waals surface area contributed by atoms with Gasteiger partial charge in [0, 0.05) is 6.92 Å². The number of ether oxygens (including phenoxy) is 2. The van der Waals surface area contributed by atoms with Crippen LogP contribution in [-0.2, 0) is 19.1 Å². The Balaban J connectivity index is 2.65. The molecular weight excluding hydrogens is 196 g/mol. The van der Waals surface area contributed by atoms with Crippen LogP contribution in [0.15, 0.2) is 0 Å². The monoisotopic (exact) mass is 214 g/mol. The van der Waals surface area contributed by atoms with Gasteiger partial charge in [-0.25, -0.2) is 0 Å². The van der Waals surface area contributed by atoms with Crippen LogP contribution < -0.4 is 0 Å². The molecule has 0 aromatic rings. The molecule has 0 unspecified atom stereocenters. The zero-order chi connectivity index (χ0) is 11.3. The van der Waals surface area contributed by atoms with Crippen molar-refractivity contribution in [3.8, 4) is 0 Å². The molecule has 0 radical (unpaired) electrons. The molecule has 0 saturated heterocycles. The van der Waals surface area contributed by atoms with Gasteiger partial charge in [0.05, 0.1) is 13.5 Å². The summed E-state index contributed by atoms with van der Waals surface area (Å²) in [6, 6.07) is 0. The van der Waals surface area contributed by atoms with Gasteiger partial charge in [-0.15, -0.1) is 0 Å². The highest BCUT2D eigenvalue weighted by Gasteiger charge is 2.37. The first-order valence-electron chi connectivity index (χ1n) is 5.34. The van der Waals surface area contributed by atoms with E-state index < -0.39 is 5.60 Å². The summed E-state index contributed by atoms with van der Waals surface area (Å²) in [6.07, 6.45) is 4.87. The van der Waals surface area contributed by atoms with E-state index in [9.17, 15) is 9.59 Å². The molecule has 0 aromatic carbocycles. The SMILES string of the molecule is COC(=O)CC1(OC(C)=O)CCCCC1. The van der Waals surface area contributed by atoms with Crippen LogP contribution in [0.3, 0.4) is 0 Å². The molecular formula is C11H18O4. The van der Waals surface area contributed by atoms with Gasteiger partial charge in [0.2, 0.25) is 0 Å². The van der Waals surface area contributed by atoms with Gasteiger partial charge in [-0.3, -0.25) is 9.59 Å². The Morgan fingerprint density at radius 3 is 2.27 bits per heavy atom. The molecule has 0 N–H and O–H groups in total. The average molecular weight is 214 g/mol. The van der Waals surface area contributed by atoms with E-state index in [0.717, 1.165) is 32.1 Å². The first-order valence-corrected chi connectivity index (χ1v) is 5.34. The molecule has 0 spiro atoms. The van der Waals surface area contributed by atoms with Crippen molar-refractivity contribution in [1.29, 1.82) is 0 Å². The maximum Gasteiger partial charge on any atom is 0.309 e. The minimum Gasteiger partial charge on any atom is -0.469 e. The van der Waals surface area contributed by atoms with E-state index >= 15 is 0 Å². The second-order valence-corrected chi connectivity index (χ2v) is 4.09. The second kappa shape index (κ2) is 5.14. The van der Waals surface area contributed by atoms with E-state index in [-0.39, 0.29) is 18.4 Å². The number of rotatable bonds is 3. The molecule has 1 rings (SSSR count). The van der Waals surface area contributed by atoms with Gasteiger partial charge in [-0.1, -0.05) is 6.42 Å². The standard InChI is InChI=1S/C11H18O4/c1-9(12)15-11(8-10(13)14-2)6-4-3-5-7-11/h3-8H2,1-2H3. The van der Waals surface area contributed by atoms with Crippen molar-refractivity contribution in [2.75, 3.05) is 7.11 Å². The van der Waals surface area contributed by atoms with Gasteiger partial charge in [-0.2, -0.15) is 0 Å². The molecule has 0 aliphatic heterocycles. The molecule has 0 amide bonds. The summed E-state index contributed by atoms with van der Waals surface area (Å²) in [5, 5.41) is 0. The summed E-state index contributed by atoms with van der Waals surface area (Å²) >= 11 is 0. The number of hydrogen-bond donors (Lipinski definition) is 0. The smallest absolute Gasteiger partial charge is 0.309 e. The van der Waals surface area contributed by atoms with E-state index in [1.54, 1.807) is 0 Å². The summed E-state index contributed by atoms with van der Waals surface area (Å²) in [5.74, 6) is -0.626. The summed E-state index contributed by atoms with van der Waals surface area (Å²) in [6.45, 7) is 1.38. The molecule has 0 bridgehead atoms. The fourth-order valence-electron chi connectivity index (χ4n) is 2.15. The lowest BCUT2D eigenvalue weighted by atomic mass is 9.82. The van der Waals surface area contributed by atoms with Crippen LogP contribution in [0.4, 0.5) is 0 Å². The maximum atomic E-state index is 11.3. The van der Waals surface area contributed by atoms with Crippen molar-refractivity contribution in [3.63, 3.8) is 0 Å². The first-order chi connectivity index (χ1) is 7.08. The van der Waals surface area contributed by atoms with Gasteiger partial charge in [-0.05, 0) is 25.7 Å². The van der Waals surface area contributed by atoms with E-state index in [2.05, 4.69) is 4.74 Å². The first kappa shape index (κ1) is 12.0. The Bertz CT molecular complexity index is 241. The van der Waals surface area contributed by atoms with Crippen molar-refractivity contribution in [2.45, 2.75) is 51.0 Å². The fourth-order valence-corrected chi connectivity index (χ4v) is 2.15. The third-order valence-electron chi connectivity index (χ3n) is 2.82. The number of esters is 2. The van der Waals surface area contributed by atoms with E-state index in [4.69, 9.17) is 4.74 Å². The van der Waals surface area contributed by atoms with Crippen LogP contribution in [0.2, 0.25) is 0 Å². The van der Waals surface area contributed by atoms with Crippen molar-refractivity contribution in [1.82, 2.24) is 0 Å². The minimum atomic E-state index is -0.600. The van der Waals surface area contributed by atoms with E-state index in [1.807, 2.05) is 0 Å².